The first-order valence-electron chi connectivity index (χ1n) is 10.8. The van der Waals surface area contributed by atoms with E-state index in [2.05, 4.69) is 15.0 Å². The van der Waals surface area contributed by atoms with E-state index in [9.17, 15) is 27.2 Å². The Morgan fingerprint density at radius 2 is 1.80 bits per heavy atom. The van der Waals surface area contributed by atoms with Gasteiger partial charge in [0.15, 0.2) is 5.54 Å². The van der Waals surface area contributed by atoms with Gasteiger partial charge in [-0.2, -0.15) is 0 Å². The van der Waals surface area contributed by atoms with Crippen molar-refractivity contribution in [3.05, 3.63) is 54.1 Å². The van der Waals surface area contributed by atoms with Gasteiger partial charge in [-0.1, -0.05) is 30.9 Å². The number of amides is 2. The molecule has 190 valence electrons. The van der Waals surface area contributed by atoms with E-state index in [4.69, 9.17) is 23.2 Å². The highest BCUT2D eigenvalue weighted by atomic mass is 35.5. The number of halogens is 6. The van der Waals surface area contributed by atoms with Crippen LogP contribution in [0.2, 0.25) is 0 Å². The molecule has 0 radical (unpaired) electrons. The minimum absolute atomic E-state index is 0.0518. The fourth-order valence-electron chi connectivity index (χ4n) is 4.11. The van der Waals surface area contributed by atoms with E-state index in [0.29, 0.717) is 12.8 Å². The monoisotopic (exact) mass is 535 g/mol. The Bertz CT molecular complexity index is 1050. The number of aromatic nitrogens is 1. The summed E-state index contributed by atoms with van der Waals surface area (Å²) in [5.41, 5.74) is -8.71. The summed E-state index contributed by atoms with van der Waals surface area (Å²) in [6.45, 7) is 1.30. The molecule has 2 amide bonds. The highest BCUT2D eigenvalue weighted by Gasteiger charge is 2.47. The molecule has 35 heavy (non-hydrogen) atoms. The molecule has 1 fully saturated rings. The topological polar surface area (TPSA) is 71.5 Å². The predicted octanol–water partition coefficient (Wildman–Crippen LogP) is 5.62. The van der Waals surface area contributed by atoms with Crippen LogP contribution in [0.3, 0.4) is 0 Å². The first kappa shape index (κ1) is 27.0. The van der Waals surface area contributed by atoms with Crippen LogP contribution in [0, 0.1) is 5.82 Å². The van der Waals surface area contributed by atoms with Crippen molar-refractivity contribution < 1.29 is 31.9 Å². The molecule has 1 aromatic carbocycles. The highest BCUT2D eigenvalue weighted by molar-refractivity contribution is 6.32. The van der Waals surface area contributed by atoms with Crippen LogP contribution in [0.25, 0.3) is 0 Å². The van der Waals surface area contributed by atoms with Gasteiger partial charge < -0.3 is 10.1 Å². The van der Waals surface area contributed by atoms with Gasteiger partial charge in [-0.15, -0.1) is 8.78 Å². The van der Waals surface area contributed by atoms with Crippen molar-refractivity contribution in [1.82, 2.24) is 10.3 Å². The van der Waals surface area contributed by atoms with E-state index in [0.717, 1.165) is 60.7 Å². The summed E-state index contributed by atoms with van der Waals surface area (Å²) in [7, 11) is 0. The van der Waals surface area contributed by atoms with Gasteiger partial charge in [-0.3, -0.25) is 19.5 Å². The Morgan fingerprint density at radius 3 is 2.34 bits per heavy atom. The predicted molar refractivity (Wildman–Crippen MR) is 123 cm³/mol. The Hall–Kier alpha value is -2.59. The van der Waals surface area contributed by atoms with Gasteiger partial charge in [0.1, 0.15) is 11.6 Å². The lowest BCUT2D eigenvalue weighted by Gasteiger charge is -2.41. The summed E-state index contributed by atoms with van der Waals surface area (Å²) >= 11 is 10.3. The zero-order chi connectivity index (χ0) is 25.8. The first-order chi connectivity index (χ1) is 16.4. The summed E-state index contributed by atoms with van der Waals surface area (Å²) in [4.78, 5) is 31.2. The Kier molecular flexibility index (Phi) is 8.48. The molecule has 1 saturated carbocycles. The van der Waals surface area contributed by atoms with Crippen molar-refractivity contribution in [2.24, 2.45) is 0 Å². The largest absolute Gasteiger partial charge is 0.487 e. The second kappa shape index (κ2) is 11.0. The second-order valence-electron chi connectivity index (χ2n) is 8.29. The number of rotatable bonds is 8. The number of carbonyl (C=O) groups is 2. The van der Waals surface area contributed by atoms with Crippen LogP contribution < -0.4 is 15.0 Å². The fourth-order valence-corrected chi connectivity index (χ4v) is 4.30. The zero-order valence-corrected chi connectivity index (χ0v) is 20.1. The molecule has 1 aliphatic carbocycles. The number of alkyl halides is 5. The lowest BCUT2D eigenvalue weighted by molar-refractivity contribution is -0.131. The number of anilines is 1. The molecule has 3 rings (SSSR count). The average molecular weight is 536 g/mol. The van der Waals surface area contributed by atoms with E-state index in [1.54, 1.807) is 0 Å². The third-order valence-electron chi connectivity index (χ3n) is 5.83. The summed E-state index contributed by atoms with van der Waals surface area (Å²) in [6, 6.07) is 5.20. The van der Waals surface area contributed by atoms with Crippen LogP contribution >= 0.6 is 23.2 Å². The zero-order valence-electron chi connectivity index (χ0n) is 18.6. The standard InChI is InChI=1S/C23H23Cl2F4N3O3/c1-22(14-11-15(26)13-30-12-14,21(34)31-16-5-3-2-4-6-16)32(20(33)19(24)27)17-7-9-18(10-8-17)35-23(25,28)29/h7-13,16,19H,2-6H2,1H3,(H,31,34)/t19-,22+/m0/s1. The molecule has 1 heterocycles. The minimum Gasteiger partial charge on any atom is -0.420 e. The molecule has 1 aromatic heterocycles. The normalized spacial score (nSPS) is 17.2. The molecule has 1 N–H and O–H groups in total. The maximum absolute atomic E-state index is 14.2. The molecule has 2 atom stereocenters. The SMILES string of the molecule is C[C@](C(=O)NC1CCCCC1)(c1cncc(F)c1)N(C(=O)[C@H](F)Cl)c1ccc(OC(F)(F)Cl)cc1. The second-order valence-corrected chi connectivity index (χ2v) is 9.11. The Labute approximate surface area is 209 Å². The Balaban J connectivity index is 2.11. The molecule has 0 bridgehead atoms. The maximum atomic E-state index is 14.2. The molecule has 0 unspecified atom stereocenters. The smallest absolute Gasteiger partial charge is 0.420 e. The van der Waals surface area contributed by atoms with Crippen LogP contribution in [0.15, 0.2) is 42.7 Å². The summed E-state index contributed by atoms with van der Waals surface area (Å²) in [5.74, 6) is -3.18. The third kappa shape index (κ3) is 6.55. The number of nitrogens with zero attached hydrogens (tertiary/aromatic N) is 2. The van der Waals surface area contributed by atoms with Gasteiger partial charge in [-0.25, -0.2) is 8.78 Å². The van der Waals surface area contributed by atoms with Crippen molar-refractivity contribution in [3.63, 3.8) is 0 Å². The number of ether oxygens (including phenoxy) is 1. The van der Waals surface area contributed by atoms with Crippen LogP contribution in [0.5, 0.6) is 5.75 Å². The van der Waals surface area contributed by atoms with Crippen molar-refractivity contribution in [3.8, 4) is 5.75 Å². The van der Waals surface area contributed by atoms with Gasteiger partial charge in [0.25, 0.3) is 17.4 Å². The molecule has 0 aliphatic heterocycles. The molecule has 6 nitrogen and oxygen atoms in total. The molecular formula is C23H23Cl2F4N3O3. The van der Waals surface area contributed by atoms with Crippen LogP contribution in [0.4, 0.5) is 23.2 Å². The quantitative estimate of drug-likeness (QED) is 0.351. The number of nitrogens with one attached hydrogen (secondary N) is 1. The number of benzene rings is 1. The van der Waals surface area contributed by atoms with Crippen molar-refractivity contribution >= 4 is 40.7 Å². The van der Waals surface area contributed by atoms with Gasteiger partial charge >= 0.3 is 5.57 Å². The lowest BCUT2D eigenvalue weighted by Crippen LogP contribution is -2.60. The summed E-state index contributed by atoms with van der Waals surface area (Å²) in [5, 5.41) is 2.87. The molecule has 1 aliphatic rings. The maximum Gasteiger partial charge on any atom is 0.487 e. The first-order valence-corrected chi connectivity index (χ1v) is 11.6. The third-order valence-corrected chi connectivity index (χ3v) is 6.10. The number of carbonyl (C=O) groups excluding carboxylic acids is 2. The molecule has 0 spiro atoms. The van der Waals surface area contributed by atoms with Gasteiger partial charge in [0, 0.05) is 35.1 Å². The summed E-state index contributed by atoms with van der Waals surface area (Å²) in [6.07, 6.45) is 6.31. The molecular weight excluding hydrogens is 513 g/mol. The number of hydrogen-bond donors (Lipinski definition) is 1. The van der Waals surface area contributed by atoms with Crippen molar-refractivity contribution in [2.45, 2.75) is 61.8 Å². The van der Waals surface area contributed by atoms with E-state index < -0.39 is 34.4 Å². The van der Waals surface area contributed by atoms with E-state index in [-0.39, 0.29) is 23.0 Å². The molecule has 0 saturated heterocycles. The van der Waals surface area contributed by atoms with Crippen molar-refractivity contribution in [2.75, 3.05) is 4.90 Å². The van der Waals surface area contributed by atoms with Gasteiger partial charge in [0.05, 0.1) is 6.20 Å². The van der Waals surface area contributed by atoms with Crippen LogP contribution in [0.1, 0.15) is 44.6 Å². The van der Waals surface area contributed by atoms with Crippen LogP contribution in [-0.4, -0.2) is 34.0 Å². The highest BCUT2D eigenvalue weighted by Crippen LogP contribution is 2.37. The molecule has 12 heteroatoms. The van der Waals surface area contributed by atoms with Crippen molar-refractivity contribution in [1.29, 1.82) is 0 Å². The molecule has 2 aromatic rings. The lowest BCUT2D eigenvalue weighted by atomic mass is 9.87. The van der Waals surface area contributed by atoms with E-state index in [1.807, 2.05) is 0 Å². The van der Waals surface area contributed by atoms with E-state index >= 15 is 0 Å². The van der Waals surface area contributed by atoms with Gasteiger partial charge in [-0.05, 0) is 50.1 Å². The average Bonchev–Trinajstić information content (AvgIpc) is 2.79. The minimum atomic E-state index is -3.99. The fraction of sp³-hybridized carbons (Fsp3) is 0.435. The number of pyridine rings is 1. The number of hydrogen-bond acceptors (Lipinski definition) is 4. The van der Waals surface area contributed by atoms with E-state index in [1.165, 1.54) is 13.1 Å². The van der Waals surface area contributed by atoms with Gasteiger partial charge in [0.2, 0.25) is 0 Å². The Morgan fingerprint density at radius 1 is 1.17 bits per heavy atom. The summed E-state index contributed by atoms with van der Waals surface area (Å²) < 4.78 is 58.6. The van der Waals surface area contributed by atoms with Crippen LogP contribution in [-0.2, 0) is 15.1 Å².